The number of carbonyl (C=O) groups excluding carboxylic acids is 1. The van der Waals surface area contributed by atoms with Crippen molar-refractivity contribution in [3.63, 3.8) is 0 Å². The predicted octanol–water partition coefficient (Wildman–Crippen LogP) is 2.09. The van der Waals surface area contributed by atoms with Crippen LogP contribution in [0.15, 0.2) is 18.3 Å². The van der Waals surface area contributed by atoms with Crippen LogP contribution in [0, 0.1) is 0 Å². The average molecular weight is 223 g/mol. The highest BCUT2D eigenvalue weighted by Gasteiger charge is 2.01. The first-order valence-corrected chi connectivity index (χ1v) is 5.41. The van der Waals surface area contributed by atoms with Gasteiger partial charge in [0.1, 0.15) is 6.61 Å². The Morgan fingerprint density at radius 3 is 2.88 bits per heavy atom. The largest absolute Gasteiger partial charge is 0.475 e. The van der Waals surface area contributed by atoms with Crippen molar-refractivity contribution in [2.75, 3.05) is 19.8 Å². The van der Waals surface area contributed by atoms with Gasteiger partial charge in [0.15, 0.2) is 5.78 Å². The predicted molar refractivity (Wildman–Crippen MR) is 60.8 cm³/mol. The van der Waals surface area contributed by atoms with Crippen LogP contribution in [0.5, 0.6) is 5.88 Å². The summed E-state index contributed by atoms with van der Waals surface area (Å²) in [6.45, 7) is 5.31. The van der Waals surface area contributed by atoms with Gasteiger partial charge in [0, 0.05) is 24.4 Å². The molecule has 1 heterocycles. The second-order valence-electron chi connectivity index (χ2n) is 3.40. The number of pyridine rings is 1. The van der Waals surface area contributed by atoms with Crippen LogP contribution in [0.2, 0.25) is 0 Å². The molecule has 88 valence electrons. The molecule has 4 heteroatoms. The summed E-state index contributed by atoms with van der Waals surface area (Å²) in [6.07, 6.45) is 2.57. The fourth-order valence-corrected chi connectivity index (χ4v) is 1.16. The summed E-state index contributed by atoms with van der Waals surface area (Å²) < 4.78 is 10.6. The first kappa shape index (κ1) is 12.6. The summed E-state index contributed by atoms with van der Waals surface area (Å²) in [5.74, 6) is 0.474. The molecule has 0 aliphatic rings. The van der Waals surface area contributed by atoms with Gasteiger partial charge in [0.25, 0.3) is 0 Å². The van der Waals surface area contributed by atoms with E-state index >= 15 is 0 Å². The summed E-state index contributed by atoms with van der Waals surface area (Å²) in [4.78, 5) is 15.1. The molecule has 0 radical (unpaired) electrons. The van der Waals surface area contributed by atoms with Crippen molar-refractivity contribution in [1.29, 1.82) is 0 Å². The van der Waals surface area contributed by atoms with Gasteiger partial charge in [-0.1, -0.05) is 6.92 Å². The number of hydrogen-bond acceptors (Lipinski definition) is 4. The molecule has 0 amide bonds. The topological polar surface area (TPSA) is 48.4 Å². The van der Waals surface area contributed by atoms with Gasteiger partial charge in [-0.2, -0.15) is 0 Å². The van der Waals surface area contributed by atoms with Crippen molar-refractivity contribution in [1.82, 2.24) is 4.98 Å². The van der Waals surface area contributed by atoms with Crippen LogP contribution in [-0.2, 0) is 4.74 Å². The number of aromatic nitrogens is 1. The smallest absolute Gasteiger partial charge is 0.213 e. The van der Waals surface area contributed by atoms with Crippen LogP contribution < -0.4 is 4.74 Å². The fourth-order valence-electron chi connectivity index (χ4n) is 1.16. The zero-order valence-electron chi connectivity index (χ0n) is 9.73. The maximum atomic E-state index is 11.1. The highest BCUT2D eigenvalue weighted by Crippen LogP contribution is 2.09. The summed E-state index contributed by atoms with van der Waals surface area (Å²) in [7, 11) is 0. The Labute approximate surface area is 95.6 Å². The van der Waals surface area contributed by atoms with Crippen LogP contribution >= 0.6 is 0 Å². The van der Waals surface area contributed by atoms with Crippen LogP contribution in [0.4, 0.5) is 0 Å². The standard InChI is InChI=1S/C12H17NO3/c1-3-6-15-7-8-16-12-9-11(10(2)14)4-5-13-12/h4-5,9H,3,6-8H2,1-2H3. The normalized spacial score (nSPS) is 10.1. The Hall–Kier alpha value is -1.42. The zero-order chi connectivity index (χ0) is 11.8. The first-order chi connectivity index (χ1) is 7.74. The van der Waals surface area contributed by atoms with Gasteiger partial charge in [-0.05, 0) is 19.4 Å². The summed E-state index contributed by atoms with van der Waals surface area (Å²) in [5.41, 5.74) is 0.611. The Balaban J connectivity index is 2.36. The third-order valence-electron chi connectivity index (χ3n) is 1.97. The van der Waals surface area contributed by atoms with E-state index in [4.69, 9.17) is 9.47 Å². The Bertz CT molecular complexity index is 339. The lowest BCUT2D eigenvalue weighted by Crippen LogP contribution is -2.08. The van der Waals surface area contributed by atoms with Crippen molar-refractivity contribution in [3.05, 3.63) is 23.9 Å². The molecule has 1 aromatic heterocycles. The molecule has 0 N–H and O–H groups in total. The Morgan fingerprint density at radius 1 is 1.38 bits per heavy atom. The molecule has 1 rings (SSSR count). The van der Waals surface area contributed by atoms with Crippen LogP contribution in [0.3, 0.4) is 0 Å². The molecule has 0 unspecified atom stereocenters. The summed E-state index contributed by atoms with van der Waals surface area (Å²) >= 11 is 0. The maximum Gasteiger partial charge on any atom is 0.213 e. The number of Topliss-reactive ketones (excluding diaryl/α,β-unsaturated/α-hetero) is 1. The van der Waals surface area contributed by atoms with E-state index in [9.17, 15) is 4.79 Å². The lowest BCUT2D eigenvalue weighted by atomic mass is 10.2. The number of carbonyl (C=O) groups is 1. The van der Waals surface area contributed by atoms with E-state index in [1.165, 1.54) is 6.92 Å². The summed E-state index contributed by atoms with van der Waals surface area (Å²) in [6, 6.07) is 3.31. The maximum absolute atomic E-state index is 11.1. The van der Waals surface area contributed by atoms with Gasteiger partial charge in [-0.25, -0.2) is 4.98 Å². The monoisotopic (exact) mass is 223 g/mol. The lowest BCUT2D eigenvalue weighted by molar-refractivity contribution is 0.0984. The molecule has 1 aromatic rings. The van der Waals surface area contributed by atoms with Crippen molar-refractivity contribution in [2.24, 2.45) is 0 Å². The van der Waals surface area contributed by atoms with E-state index in [0.717, 1.165) is 13.0 Å². The first-order valence-electron chi connectivity index (χ1n) is 5.41. The van der Waals surface area contributed by atoms with Gasteiger partial charge in [0.2, 0.25) is 5.88 Å². The van der Waals surface area contributed by atoms with E-state index in [0.29, 0.717) is 24.7 Å². The number of ether oxygens (including phenoxy) is 2. The number of ketones is 1. The minimum absolute atomic E-state index is 0.00878. The molecule has 0 bridgehead atoms. The van der Waals surface area contributed by atoms with Crippen LogP contribution in [0.25, 0.3) is 0 Å². The Kier molecular flexibility index (Phi) is 5.50. The minimum Gasteiger partial charge on any atom is -0.475 e. The van der Waals surface area contributed by atoms with Crippen LogP contribution in [-0.4, -0.2) is 30.6 Å². The number of nitrogens with zero attached hydrogens (tertiary/aromatic N) is 1. The fraction of sp³-hybridized carbons (Fsp3) is 0.500. The van der Waals surface area contributed by atoms with Gasteiger partial charge in [-0.15, -0.1) is 0 Å². The SMILES string of the molecule is CCCOCCOc1cc(C(C)=O)ccn1. The van der Waals surface area contributed by atoms with E-state index in [1.54, 1.807) is 18.3 Å². The van der Waals surface area contributed by atoms with E-state index in [1.807, 2.05) is 0 Å². The van der Waals surface area contributed by atoms with Gasteiger partial charge in [0.05, 0.1) is 6.61 Å². The van der Waals surface area contributed by atoms with E-state index < -0.39 is 0 Å². The molecule has 0 aromatic carbocycles. The van der Waals surface area contributed by atoms with Gasteiger partial charge < -0.3 is 9.47 Å². The molecule has 16 heavy (non-hydrogen) atoms. The second kappa shape index (κ2) is 6.95. The lowest BCUT2D eigenvalue weighted by Gasteiger charge is -2.06. The molecule has 0 aliphatic heterocycles. The van der Waals surface area contributed by atoms with Crippen molar-refractivity contribution < 1.29 is 14.3 Å². The summed E-state index contributed by atoms with van der Waals surface area (Å²) in [5, 5.41) is 0. The van der Waals surface area contributed by atoms with E-state index in [-0.39, 0.29) is 5.78 Å². The third kappa shape index (κ3) is 4.40. The van der Waals surface area contributed by atoms with E-state index in [2.05, 4.69) is 11.9 Å². The minimum atomic E-state index is 0.00878. The van der Waals surface area contributed by atoms with Gasteiger partial charge in [-0.3, -0.25) is 4.79 Å². The van der Waals surface area contributed by atoms with Crippen molar-refractivity contribution in [2.45, 2.75) is 20.3 Å². The quantitative estimate of drug-likeness (QED) is 0.524. The van der Waals surface area contributed by atoms with Gasteiger partial charge >= 0.3 is 0 Å². The second-order valence-corrected chi connectivity index (χ2v) is 3.40. The number of hydrogen-bond donors (Lipinski definition) is 0. The average Bonchev–Trinajstić information content (AvgIpc) is 2.29. The molecular weight excluding hydrogens is 206 g/mol. The van der Waals surface area contributed by atoms with Crippen molar-refractivity contribution >= 4 is 5.78 Å². The highest BCUT2D eigenvalue weighted by atomic mass is 16.5. The molecule has 4 nitrogen and oxygen atoms in total. The molecule has 0 aliphatic carbocycles. The molecule has 0 spiro atoms. The molecule has 0 fully saturated rings. The van der Waals surface area contributed by atoms with Crippen LogP contribution in [0.1, 0.15) is 30.6 Å². The molecule has 0 saturated heterocycles. The zero-order valence-corrected chi connectivity index (χ0v) is 9.73. The molecular formula is C12H17NO3. The number of rotatable bonds is 7. The highest BCUT2D eigenvalue weighted by molar-refractivity contribution is 5.94. The van der Waals surface area contributed by atoms with Crippen molar-refractivity contribution in [3.8, 4) is 5.88 Å². The Morgan fingerprint density at radius 2 is 2.19 bits per heavy atom. The third-order valence-corrected chi connectivity index (χ3v) is 1.97. The molecule has 0 saturated carbocycles. The molecule has 0 atom stereocenters.